The molecule has 0 aliphatic carbocycles. The summed E-state index contributed by atoms with van der Waals surface area (Å²) < 4.78 is 96.0. The number of hydrogen-bond donors (Lipinski definition) is 1. The number of methoxy groups -OCH3 is 1. The predicted molar refractivity (Wildman–Crippen MR) is 213 cm³/mol. The lowest BCUT2D eigenvalue weighted by molar-refractivity contribution is -0.433. The number of anilines is 1. The average Bonchev–Trinajstić information content (AvgIpc) is 3.51. The Kier molecular flexibility index (Phi) is 16.4. The van der Waals surface area contributed by atoms with E-state index in [1.165, 1.54) is 24.3 Å². The fraction of sp³-hybridized carbons (Fsp3) is 0.512. The molecule has 1 atom stereocenters. The van der Waals surface area contributed by atoms with Crippen molar-refractivity contribution in [3.05, 3.63) is 83.6 Å². The molecule has 1 unspecified atom stereocenters. The number of unbranched alkanes of at least 4 members (excludes halogenated alkanes) is 2. The van der Waals surface area contributed by atoms with Crippen LogP contribution in [-0.2, 0) is 54.8 Å². The molecule has 16 heteroatoms. The van der Waals surface area contributed by atoms with E-state index in [9.17, 15) is 30.7 Å². The summed E-state index contributed by atoms with van der Waals surface area (Å²) in [5.41, 5.74) is 3.41. The first-order valence-corrected chi connectivity index (χ1v) is 21.9. The summed E-state index contributed by atoms with van der Waals surface area (Å²) >= 11 is 0. The molecule has 4 rings (SSSR count). The minimum Gasteiger partial charge on any atom is -0.744 e. The van der Waals surface area contributed by atoms with E-state index in [0.29, 0.717) is 90.6 Å². The van der Waals surface area contributed by atoms with Crippen molar-refractivity contribution >= 4 is 43.3 Å². The van der Waals surface area contributed by atoms with E-state index in [-0.39, 0.29) is 16.2 Å². The fourth-order valence-electron chi connectivity index (χ4n) is 7.38. The van der Waals surface area contributed by atoms with Gasteiger partial charge in [-0.1, -0.05) is 24.6 Å². The number of carbonyl (C=O) groups is 1. The molecule has 2 aliphatic heterocycles. The van der Waals surface area contributed by atoms with Crippen molar-refractivity contribution in [3.8, 4) is 0 Å². The summed E-state index contributed by atoms with van der Waals surface area (Å²) in [6.07, 6.45) is 11.9. The third kappa shape index (κ3) is 11.7. The van der Waals surface area contributed by atoms with Crippen LogP contribution in [0, 0.1) is 0 Å². The van der Waals surface area contributed by atoms with Crippen molar-refractivity contribution in [1.82, 2.24) is 0 Å². The number of aliphatic carboxylic acids is 1. The van der Waals surface area contributed by atoms with Crippen molar-refractivity contribution in [2.45, 2.75) is 80.4 Å². The first-order valence-electron chi connectivity index (χ1n) is 19.1. The maximum atomic E-state index is 12.2. The van der Waals surface area contributed by atoms with Gasteiger partial charge in [0.2, 0.25) is 5.69 Å². The first kappa shape index (κ1) is 46.0. The Morgan fingerprint density at radius 1 is 0.807 bits per heavy atom. The van der Waals surface area contributed by atoms with Gasteiger partial charge < -0.3 is 38.1 Å². The molecule has 0 fully saturated rings. The van der Waals surface area contributed by atoms with Crippen molar-refractivity contribution in [2.24, 2.45) is 0 Å². The molecule has 0 saturated carbocycles. The molecular formula is C41H55N2O12S2-. The Morgan fingerprint density at radius 3 is 2.00 bits per heavy atom. The highest BCUT2D eigenvalue weighted by atomic mass is 32.2. The number of ether oxygens (including phenoxy) is 4. The molecule has 2 aliphatic rings. The second kappa shape index (κ2) is 20.3. The molecule has 0 saturated heterocycles. The fourth-order valence-corrected chi connectivity index (χ4v) is 8.38. The summed E-state index contributed by atoms with van der Waals surface area (Å²) in [5, 5.41) is 9.14. The van der Waals surface area contributed by atoms with Crippen LogP contribution in [0.15, 0.2) is 82.3 Å². The lowest BCUT2D eigenvalue weighted by atomic mass is 9.78. The monoisotopic (exact) mass is 831 g/mol. The molecule has 2 aromatic rings. The maximum Gasteiger partial charge on any atom is 0.303 e. The Balaban J connectivity index is 1.61. The van der Waals surface area contributed by atoms with Crippen LogP contribution in [-0.4, -0.2) is 114 Å². The number of carboxylic acid groups (broad SMARTS) is 1. The molecule has 0 radical (unpaired) electrons. The quantitative estimate of drug-likeness (QED) is 0.0613. The summed E-state index contributed by atoms with van der Waals surface area (Å²) in [6.45, 7) is 11.9. The van der Waals surface area contributed by atoms with Gasteiger partial charge in [0.1, 0.15) is 26.8 Å². The smallest absolute Gasteiger partial charge is 0.303 e. The van der Waals surface area contributed by atoms with E-state index < -0.39 is 37.0 Å². The van der Waals surface area contributed by atoms with E-state index in [0.717, 1.165) is 28.3 Å². The molecule has 14 nitrogen and oxygen atoms in total. The standard InChI is InChI=1S/C41H56N2O12S2/c1-6-42-35-18-16-31(56(46,47)48)29-33(35)40(2,3)37(42)13-9-7-10-14-38-41(4,20-22-53-25-26-55-28-27-54-24-23-52-5)34-30-32(57(49,50)51)17-19-36(34)43(38)21-12-8-11-15-39(44)45/h7,9-10,13-14,16-19,29-30H,6,8,11-12,15,20-28H2,1-5H3,(H2-,44,45,46,47,48,49,50,51)/p-1. The minimum atomic E-state index is -4.75. The zero-order chi connectivity index (χ0) is 41.9. The molecule has 57 heavy (non-hydrogen) atoms. The van der Waals surface area contributed by atoms with Gasteiger partial charge in [-0.15, -0.1) is 0 Å². The van der Waals surface area contributed by atoms with E-state index in [1.807, 2.05) is 58.1 Å². The highest BCUT2D eigenvalue weighted by molar-refractivity contribution is 7.86. The normalized spacial score (nSPS) is 18.7. The van der Waals surface area contributed by atoms with Gasteiger partial charge in [-0.3, -0.25) is 4.79 Å². The number of rotatable bonds is 24. The van der Waals surface area contributed by atoms with E-state index >= 15 is 0 Å². The number of carboxylic acids is 1. The second-order valence-corrected chi connectivity index (χ2v) is 17.3. The Hall–Kier alpha value is -3.74. The Morgan fingerprint density at radius 2 is 1.40 bits per heavy atom. The van der Waals surface area contributed by atoms with Gasteiger partial charge in [0.05, 0.1) is 54.8 Å². The topological polar surface area (TPSA) is 195 Å². The third-order valence-corrected chi connectivity index (χ3v) is 12.1. The van der Waals surface area contributed by atoms with Crippen LogP contribution < -0.4 is 4.90 Å². The Labute approximate surface area is 337 Å². The number of benzene rings is 2. The molecule has 314 valence electrons. The van der Waals surface area contributed by atoms with Crippen molar-refractivity contribution in [1.29, 1.82) is 0 Å². The Bertz CT molecular complexity index is 2070. The molecule has 2 heterocycles. The van der Waals surface area contributed by atoms with Crippen LogP contribution in [0.2, 0.25) is 0 Å². The van der Waals surface area contributed by atoms with Gasteiger partial charge in [0.15, 0.2) is 5.71 Å². The van der Waals surface area contributed by atoms with Gasteiger partial charge >= 0.3 is 5.97 Å². The molecule has 0 spiro atoms. The summed E-state index contributed by atoms with van der Waals surface area (Å²) in [6, 6.07) is 8.89. The number of nitrogens with zero attached hydrogens (tertiary/aromatic N) is 2. The second-order valence-electron chi connectivity index (χ2n) is 14.6. The maximum absolute atomic E-state index is 12.2. The lowest BCUT2D eigenvalue weighted by Gasteiger charge is -2.30. The highest BCUT2D eigenvalue weighted by Gasteiger charge is 2.45. The van der Waals surface area contributed by atoms with E-state index in [1.54, 1.807) is 19.2 Å². The van der Waals surface area contributed by atoms with Crippen LogP contribution in [0.3, 0.4) is 0 Å². The molecule has 2 aromatic carbocycles. The number of fused-ring (bicyclic) bond motifs is 2. The van der Waals surface area contributed by atoms with E-state index in [4.69, 9.17) is 24.1 Å². The SMILES string of the molecule is CC[N+]1=C(C=CC=CC=C2N(CCCCCC(=O)O)c3ccc(S(=O)(=O)[O-])cc3C2(C)CCOCCOCCOCCOC)C(C)(C)c2cc(S(=O)(=O)[O-])ccc21. The van der Waals surface area contributed by atoms with Gasteiger partial charge in [-0.2, -0.15) is 4.58 Å². The predicted octanol–water partition coefficient (Wildman–Crippen LogP) is 5.40. The molecule has 0 amide bonds. The van der Waals surface area contributed by atoms with Gasteiger partial charge in [0.25, 0.3) is 0 Å². The highest BCUT2D eigenvalue weighted by Crippen LogP contribution is 2.51. The van der Waals surface area contributed by atoms with Crippen LogP contribution in [0.1, 0.15) is 70.9 Å². The first-order chi connectivity index (χ1) is 27.0. The third-order valence-electron chi connectivity index (χ3n) is 10.4. The molecule has 1 N–H and O–H groups in total. The van der Waals surface area contributed by atoms with E-state index in [2.05, 4.69) is 9.48 Å². The molecule has 0 aromatic heterocycles. The van der Waals surface area contributed by atoms with Gasteiger partial charge in [-0.25, -0.2) is 16.8 Å². The zero-order valence-corrected chi connectivity index (χ0v) is 35.0. The lowest BCUT2D eigenvalue weighted by Crippen LogP contribution is -2.30. The molecular weight excluding hydrogens is 777 g/mol. The van der Waals surface area contributed by atoms with Crippen molar-refractivity contribution in [3.63, 3.8) is 0 Å². The van der Waals surface area contributed by atoms with Gasteiger partial charge in [0, 0.05) is 61.2 Å². The van der Waals surface area contributed by atoms with Crippen molar-refractivity contribution < 1.29 is 59.4 Å². The zero-order valence-electron chi connectivity index (χ0n) is 33.4. The van der Waals surface area contributed by atoms with Crippen LogP contribution >= 0.6 is 0 Å². The van der Waals surface area contributed by atoms with Gasteiger partial charge in [-0.05, 0) is 88.9 Å². The van der Waals surface area contributed by atoms with Crippen LogP contribution in [0.5, 0.6) is 0 Å². The summed E-state index contributed by atoms with van der Waals surface area (Å²) in [5.74, 6) is -0.856. The number of hydrogen-bond acceptors (Lipinski definition) is 12. The molecule has 0 bridgehead atoms. The average molecular weight is 832 g/mol. The summed E-state index contributed by atoms with van der Waals surface area (Å²) in [7, 11) is -7.77. The minimum absolute atomic E-state index is 0.0634. The van der Waals surface area contributed by atoms with Crippen molar-refractivity contribution in [2.75, 3.05) is 71.3 Å². The largest absolute Gasteiger partial charge is 0.744 e. The van der Waals surface area contributed by atoms with Crippen LogP contribution in [0.25, 0.3) is 0 Å². The van der Waals surface area contributed by atoms with Crippen LogP contribution in [0.4, 0.5) is 11.4 Å². The number of allylic oxidation sites excluding steroid dienone is 6. The summed E-state index contributed by atoms with van der Waals surface area (Å²) in [4.78, 5) is 12.6.